The van der Waals surface area contributed by atoms with E-state index in [2.05, 4.69) is 16.2 Å². The van der Waals surface area contributed by atoms with Crippen LogP contribution in [0.2, 0.25) is 0 Å². The number of terminal acetylenes is 1. The summed E-state index contributed by atoms with van der Waals surface area (Å²) in [6, 6.07) is 14.7. The predicted molar refractivity (Wildman–Crippen MR) is 199 cm³/mol. The fourth-order valence-electron chi connectivity index (χ4n) is 5.66. The zero-order chi connectivity index (χ0) is 36.7. The summed E-state index contributed by atoms with van der Waals surface area (Å²) in [5, 5.41) is 6.92. The van der Waals surface area contributed by atoms with E-state index < -0.39 is 29.7 Å². The third-order valence-electron chi connectivity index (χ3n) is 8.40. The van der Waals surface area contributed by atoms with Crippen LogP contribution in [0, 0.1) is 12.3 Å². The molecule has 4 aromatic rings. The van der Waals surface area contributed by atoms with Gasteiger partial charge in [-0.05, 0) is 58.2 Å². The van der Waals surface area contributed by atoms with E-state index in [0.29, 0.717) is 46.4 Å². The molecule has 0 saturated carbocycles. The molecule has 0 unspecified atom stereocenters. The number of aromatic nitrogens is 2. The number of likely N-dealkylation sites (tertiary alicyclic amines) is 1. The number of nitrogens with zero attached hydrogens (tertiary/aromatic N) is 4. The number of carbonyl (C=O) groups is 4. The van der Waals surface area contributed by atoms with Crippen LogP contribution in [0.25, 0.3) is 21.3 Å². The number of hydrogen-bond acceptors (Lipinski definition) is 10. The van der Waals surface area contributed by atoms with Crippen molar-refractivity contribution in [1.29, 1.82) is 0 Å². The molecule has 13 heteroatoms. The number of carbonyl (C=O) groups excluding carboxylic acids is 4. The third-order valence-corrected chi connectivity index (χ3v) is 10.3. The largest absolute Gasteiger partial charge is 0.481 e. The molecule has 1 aliphatic heterocycles. The van der Waals surface area contributed by atoms with Crippen molar-refractivity contribution in [2.24, 2.45) is 0 Å². The lowest BCUT2D eigenvalue weighted by molar-refractivity contribution is -0.139. The Labute approximate surface area is 306 Å². The van der Waals surface area contributed by atoms with Crippen molar-refractivity contribution in [1.82, 2.24) is 19.8 Å². The van der Waals surface area contributed by atoms with Crippen molar-refractivity contribution >= 4 is 51.4 Å². The number of ether oxygens (including phenoxy) is 2. The number of nitrogens with one attached hydrogen (secondary N) is 1. The molecule has 3 atom stereocenters. The number of amides is 3. The van der Waals surface area contributed by atoms with Crippen molar-refractivity contribution < 1.29 is 28.7 Å². The maximum atomic E-state index is 14.5. The van der Waals surface area contributed by atoms with E-state index >= 15 is 0 Å². The van der Waals surface area contributed by atoms with Crippen LogP contribution in [0.15, 0.2) is 66.2 Å². The molecule has 2 aromatic heterocycles. The van der Waals surface area contributed by atoms with Gasteiger partial charge in [0.05, 0.1) is 12.0 Å². The van der Waals surface area contributed by atoms with E-state index in [-0.39, 0.29) is 30.6 Å². The SMILES string of the molecule is C#CCOc1ccc([C@H](CC(=O)[C@H](C)N(C)C(=O)OC(C)(C)C)C(=O)N2CCC[C@H]2C(=O)Nc2sc(-c3nccs3)nc2-c2ccccc2)cc1. The molecule has 2 aromatic carbocycles. The normalized spacial score (nSPS) is 15.4. The molecule has 1 N–H and O–H groups in total. The van der Waals surface area contributed by atoms with Gasteiger partial charge in [-0.25, -0.2) is 14.8 Å². The molecule has 0 bridgehead atoms. The minimum absolute atomic E-state index is 0.0797. The van der Waals surface area contributed by atoms with Crippen LogP contribution >= 0.6 is 22.7 Å². The van der Waals surface area contributed by atoms with Crippen molar-refractivity contribution in [2.75, 3.05) is 25.5 Å². The van der Waals surface area contributed by atoms with E-state index in [1.54, 1.807) is 63.1 Å². The van der Waals surface area contributed by atoms with Crippen LogP contribution < -0.4 is 10.1 Å². The first kappa shape index (κ1) is 37.2. The second-order valence-electron chi connectivity index (χ2n) is 13.1. The summed E-state index contributed by atoms with van der Waals surface area (Å²) in [6.07, 6.45) is 7.26. The number of benzene rings is 2. The van der Waals surface area contributed by atoms with Crippen LogP contribution in [-0.2, 0) is 19.1 Å². The van der Waals surface area contributed by atoms with Crippen molar-refractivity contribution in [3.8, 4) is 39.4 Å². The quantitative estimate of drug-likeness (QED) is 0.157. The first-order chi connectivity index (χ1) is 24.4. The second-order valence-corrected chi connectivity index (χ2v) is 15.0. The van der Waals surface area contributed by atoms with Crippen molar-refractivity contribution in [3.05, 3.63) is 71.7 Å². The second kappa shape index (κ2) is 16.3. The number of Topliss-reactive ketones (excluding diaryl/α,β-unsaturated/α-hetero) is 1. The Balaban J connectivity index is 1.40. The Morgan fingerprint density at radius 2 is 1.82 bits per heavy atom. The minimum Gasteiger partial charge on any atom is -0.481 e. The summed E-state index contributed by atoms with van der Waals surface area (Å²) in [7, 11) is 1.50. The summed E-state index contributed by atoms with van der Waals surface area (Å²) in [5.74, 6) is 0.977. The number of ketones is 1. The molecule has 0 spiro atoms. The van der Waals surface area contributed by atoms with Gasteiger partial charge in [0.25, 0.3) is 0 Å². The molecule has 0 radical (unpaired) electrons. The molecule has 5 rings (SSSR count). The van der Waals surface area contributed by atoms with Gasteiger partial charge in [0.15, 0.2) is 15.8 Å². The predicted octanol–water partition coefficient (Wildman–Crippen LogP) is 6.87. The van der Waals surface area contributed by atoms with E-state index in [0.717, 1.165) is 10.6 Å². The number of thiazole rings is 2. The average Bonchev–Trinajstić information content (AvgIpc) is 3.90. The number of likely N-dealkylation sites (N-methyl/N-ethyl adjacent to an activating group) is 1. The average molecular weight is 728 g/mol. The van der Waals surface area contributed by atoms with Crippen molar-refractivity contribution in [3.63, 3.8) is 0 Å². The molecule has 1 aliphatic rings. The Kier molecular flexibility index (Phi) is 11.9. The first-order valence-corrected chi connectivity index (χ1v) is 18.3. The number of hydrogen-bond donors (Lipinski definition) is 1. The molecular formula is C38H41N5O6S2. The van der Waals surface area contributed by atoms with Crippen molar-refractivity contribution in [2.45, 2.75) is 70.6 Å². The Morgan fingerprint density at radius 3 is 2.47 bits per heavy atom. The fourth-order valence-corrected chi connectivity index (χ4v) is 7.33. The highest BCUT2D eigenvalue weighted by molar-refractivity contribution is 7.23. The Bertz CT molecular complexity index is 1880. The van der Waals surface area contributed by atoms with Gasteiger partial charge in [-0.15, -0.1) is 17.8 Å². The molecule has 266 valence electrons. The highest BCUT2D eigenvalue weighted by atomic mass is 32.1. The molecule has 0 aliphatic carbocycles. The van der Waals surface area contributed by atoms with Gasteiger partial charge >= 0.3 is 6.09 Å². The molecule has 3 amide bonds. The highest BCUT2D eigenvalue weighted by Crippen LogP contribution is 2.39. The summed E-state index contributed by atoms with van der Waals surface area (Å²) in [6.45, 7) is 7.27. The summed E-state index contributed by atoms with van der Waals surface area (Å²) >= 11 is 2.79. The van der Waals surface area contributed by atoms with E-state index in [4.69, 9.17) is 20.9 Å². The third kappa shape index (κ3) is 9.19. The van der Waals surface area contributed by atoms with Gasteiger partial charge in [-0.1, -0.05) is 59.7 Å². The zero-order valence-electron chi connectivity index (χ0n) is 29.3. The van der Waals surface area contributed by atoms with Gasteiger partial charge in [0.2, 0.25) is 11.8 Å². The lowest BCUT2D eigenvalue weighted by Crippen LogP contribution is -2.47. The summed E-state index contributed by atoms with van der Waals surface area (Å²) in [4.78, 5) is 67.0. The van der Waals surface area contributed by atoms with Crippen LogP contribution in [0.1, 0.15) is 58.4 Å². The van der Waals surface area contributed by atoms with Gasteiger partial charge in [-0.3, -0.25) is 14.4 Å². The molecule has 1 fully saturated rings. The standard InChI is InChI=1S/C38H41N5O6S2/c1-7-21-48-27-17-15-25(16-18-27)28(23-30(44)24(2)42(6)37(47)49-38(3,4)5)36(46)43-20-11-14-29(43)32(45)41-33-31(26-12-9-8-10-13-26)40-35(51-33)34-39-19-22-50-34/h1,8-10,12-13,15-19,22,24,28-29H,11,14,20-21,23H2,2-6H3,(H,41,45)/t24-,28-,29-/m0/s1. The number of anilines is 1. The monoisotopic (exact) mass is 727 g/mol. The minimum atomic E-state index is -0.929. The summed E-state index contributed by atoms with van der Waals surface area (Å²) < 4.78 is 11.0. The van der Waals surface area contributed by atoms with Crippen LogP contribution in [0.3, 0.4) is 0 Å². The van der Waals surface area contributed by atoms with Gasteiger partial charge in [0, 0.05) is 37.2 Å². The fraction of sp³-hybridized carbons (Fsp3) is 0.368. The van der Waals surface area contributed by atoms with Crippen LogP contribution in [0.4, 0.5) is 9.80 Å². The molecule has 1 saturated heterocycles. The van der Waals surface area contributed by atoms with E-state index in [1.165, 1.54) is 34.6 Å². The van der Waals surface area contributed by atoms with Gasteiger partial charge in [0.1, 0.15) is 34.7 Å². The Hall–Kier alpha value is -5.06. The zero-order valence-corrected chi connectivity index (χ0v) is 30.9. The van der Waals surface area contributed by atoms with Crippen LogP contribution in [0.5, 0.6) is 5.75 Å². The van der Waals surface area contributed by atoms with Gasteiger partial charge in [-0.2, -0.15) is 0 Å². The number of rotatable bonds is 12. The molecule has 3 heterocycles. The lowest BCUT2D eigenvalue weighted by atomic mass is 9.90. The van der Waals surface area contributed by atoms with Gasteiger partial charge < -0.3 is 24.6 Å². The maximum Gasteiger partial charge on any atom is 0.410 e. The van der Waals surface area contributed by atoms with E-state index in [9.17, 15) is 19.2 Å². The Morgan fingerprint density at radius 1 is 1.10 bits per heavy atom. The van der Waals surface area contributed by atoms with Crippen LogP contribution in [-0.4, -0.2) is 81.3 Å². The van der Waals surface area contributed by atoms with E-state index in [1.807, 2.05) is 35.7 Å². The smallest absolute Gasteiger partial charge is 0.410 e. The first-order valence-electron chi connectivity index (χ1n) is 16.6. The maximum absolute atomic E-state index is 14.5. The summed E-state index contributed by atoms with van der Waals surface area (Å²) in [5.41, 5.74) is 1.28. The highest BCUT2D eigenvalue weighted by Gasteiger charge is 2.40. The topological polar surface area (TPSA) is 131 Å². The molecular weight excluding hydrogens is 687 g/mol. The molecule has 51 heavy (non-hydrogen) atoms. The lowest BCUT2D eigenvalue weighted by Gasteiger charge is -2.31. The molecule has 11 nitrogen and oxygen atoms in total.